The molecule has 20 heavy (non-hydrogen) atoms. The van der Waals surface area contributed by atoms with E-state index in [1.165, 1.54) is 18.2 Å². The summed E-state index contributed by atoms with van der Waals surface area (Å²) in [4.78, 5) is 13.3. The van der Waals surface area contributed by atoms with E-state index in [2.05, 4.69) is 31.1 Å². The zero-order valence-electron chi connectivity index (χ0n) is 12.4. The number of likely N-dealkylation sites (N-methyl/N-ethyl adjacent to an activating group) is 1. The van der Waals surface area contributed by atoms with Crippen molar-refractivity contribution in [3.63, 3.8) is 0 Å². The van der Waals surface area contributed by atoms with Gasteiger partial charge in [-0.05, 0) is 38.6 Å². The van der Waals surface area contributed by atoms with Gasteiger partial charge < -0.3 is 16.0 Å². The molecule has 0 saturated carbocycles. The average molecular weight is 281 g/mol. The molecule has 1 aromatic carbocycles. The largest absolute Gasteiger partial charge is 0.366 e. The number of carbonyl (C=O) groups excluding carboxylic acids is 1. The fourth-order valence-electron chi connectivity index (χ4n) is 1.87. The Morgan fingerprint density at radius 1 is 1.50 bits per heavy atom. The molecule has 112 valence electrons. The minimum absolute atomic E-state index is 0.321. The van der Waals surface area contributed by atoms with Crippen LogP contribution in [0.2, 0.25) is 0 Å². The van der Waals surface area contributed by atoms with Gasteiger partial charge in [0, 0.05) is 36.8 Å². The van der Waals surface area contributed by atoms with Gasteiger partial charge in [-0.1, -0.05) is 6.92 Å². The van der Waals surface area contributed by atoms with E-state index in [0.717, 1.165) is 19.5 Å². The molecule has 0 spiro atoms. The Labute approximate surface area is 120 Å². The van der Waals surface area contributed by atoms with Crippen LogP contribution in [0.5, 0.6) is 0 Å². The maximum absolute atomic E-state index is 13.6. The summed E-state index contributed by atoms with van der Waals surface area (Å²) < 4.78 is 13.6. The molecule has 1 rings (SSSR count). The third-order valence-corrected chi connectivity index (χ3v) is 3.63. The van der Waals surface area contributed by atoms with Crippen molar-refractivity contribution >= 4 is 5.91 Å². The van der Waals surface area contributed by atoms with Gasteiger partial charge in [-0.15, -0.1) is 0 Å². The standard InChI is InChI=1S/C15H24FN3O/c1-4-11(2)19(3)8-7-18-10-13-9-12(15(17)20)5-6-14(13)16/h5-6,9,11,18H,4,7-8,10H2,1-3H3,(H2,17,20). The van der Waals surface area contributed by atoms with Crippen LogP contribution in [-0.4, -0.2) is 37.0 Å². The number of nitrogens with two attached hydrogens (primary N) is 1. The third-order valence-electron chi connectivity index (χ3n) is 3.63. The zero-order chi connectivity index (χ0) is 15.1. The molecule has 5 heteroatoms. The van der Waals surface area contributed by atoms with Crippen molar-refractivity contribution in [1.29, 1.82) is 0 Å². The number of primary amides is 1. The van der Waals surface area contributed by atoms with E-state index in [-0.39, 0.29) is 5.82 Å². The Hall–Kier alpha value is -1.46. The first kappa shape index (κ1) is 16.6. The fourth-order valence-corrected chi connectivity index (χ4v) is 1.87. The first-order valence-electron chi connectivity index (χ1n) is 6.94. The molecule has 0 fully saturated rings. The first-order valence-corrected chi connectivity index (χ1v) is 6.94. The summed E-state index contributed by atoms with van der Waals surface area (Å²) in [7, 11) is 2.07. The molecular weight excluding hydrogens is 257 g/mol. The van der Waals surface area contributed by atoms with Crippen LogP contribution < -0.4 is 11.1 Å². The maximum atomic E-state index is 13.6. The van der Waals surface area contributed by atoms with E-state index >= 15 is 0 Å². The van der Waals surface area contributed by atoms with Crippen molar-refractivity contribution in [2.24, 2.45) is 5.73 Å². The van der Waals surface area contributed by atoms with Crippen LogP contribution in [0.15, 0.2) is 18.2 Å². The van der Waals surface area contributed by atoms with E-state index in [4.69, 9.17) is 5.73 Å². The van der Waals surface area contributed by atoms with Crippen LogP contribution in [-0.2, 0) is 6.54 Å². The molecule has 0 saturated heterocycles. The van der Waals surface area contributed by atoms with Gasteiger partial charge in [0.2, 0.25) is 5.91 Å². The van der Waals surface area contributed by atoms with Crippen LogP contribution in [0.25, 0.3) is 0 Å². The summed E-state index contributed by atoms with van der Waals surface area (Å²) in [6.07, 6.45) is 1.10. The van der Waals surface area contributed by atoms with Gasteiger partial charge >= 0.3 is 0 Å². The van der Waals surface area contributed by atoms with Gasteiger partial charge in [0.05, 0.1) is 0 Å². The predicted molar refractivity (Wildman–Crippen MR) is 79.0 cm³/mol. The molecule has 0 bridgehead atoms. The Balaban J connectivity index is 2.46. The number of nitrogens with one attached hydrogen (secondary N) is 1. The molecular formula is C15H24FN3O. The number of halogens is 1. The number of rotatable bonds is 8. The lowest BCUT2D eigenvalue weighted by Crippen LogP contribution is -2.34. The molecule has 0 aliphatic rings. The fraction of sp³-hybridized carbons (Fsp3) is 0.533. The van der Waals surface area contributed by atoms with Gasteiger partial charge in [-0.25, -0.2) is 4.39 Å². The van der Waals surface area contributed by atoms with Crippen LogP contribution in [0.3, 0.4) is 0 Å². The summed E-state index contributed by atoms with van der Waals surface area (Å²) >= 11 is 0. The summed E-state index contributed by atoms with van der Waals surface area (Å²) in [6, 6.07) is 4.72. The van der Waals surface area contributed by atoms with Crippen LogP contribution in [0.1, 0.15) is 36.2 Å². The second-order valence-electron chi connectivity index (χ2n) is 5.09. The highest BCUT2D eigenvalue weighted by Crippen LogP contribution is 2.10. The summed E-state index contributed by atoms with van der Waals surface area (Å²) in [5, 5.41) is 3.18. The topological polar surface area (TPSA) is 58.4 Å². The first-order chi connectivity index (χ1) is 9.45. The van der Waals surface area contributed by atoms with Crippen LogP contribution >= 0.6 is 0 Å². The average Bonchev–Trinajstić information content (AvgIpc) is 2.43. The molecule has 0 aliphatic heterocycles. The molecule has 3 N–H and O–H groups in total. The van der Waals surface area contributed by atoms with E-state index in [9.17, 15) is 9.18 Å². The highest BCUT2D eigenvalue weighted by Gasteiger charge is 2.08. The summed E-state index contributed by atoms with van der Waals surface area (Å²) in [5.41, 5.74) is 5.99. The van der Waals surface area contributed by atoms with Gasteiger partial charge in [0.1, 0.15) is 5.82 Å². The molecule has 0 radical (unpaired) electrons. The Morgan fingerprint density at radius 3 is 2.80 bits per heavy atom. The number of amides is 1. The van der Waals surface area contributed by atoms with Crippen molar-refractivity contribution < 1.29 is 9.18 Å². The molecule has 1 unspecified atom stereocenters. The van der Waals surface area contributed by atoms with Crippen molar-refractivity contribution in [1.82, 2.24) is 10.2 Å². The molecule has 1 aromatic rings. The summed E-state index contributed by atoms with van der Waals surface area (Å²) in [5.74, 6) is -0.861. The molecule has 0 heterocycles. The smallest absolute Gasteiger partial charge is 0.248 e. The van der Waals surface area contributed by atoms with E-state index in [1.807, 2.05) is 0 Å². The second kappa shape index (κ2) is 7.97. The van der Waals surface area contributed by atoms with Crippen LogP contribution in [0.4, 0.5) is 4.39 Å². The lowest BCUT2D eigenvalue weighted by molar-refractivity contribution is 0.1000. The second-order valence-corrected chi connectivity index (χ2v) is 5.09. The van der Waals surface area contributed by atoms with Crippen molar-refractivity contribution in [2.75, 3.05) is 20.1 Å². The Bertz CT molecular complexity index is 451. The Morgan fingerprint density at radius 2 is 2.20 bits per heavy atom. The number of hydrogen-bond donors (Lipinski definition) is 2. The quantitative estimate of drug-likeness (QED) is 0.714. The number of carbonyl (C=O) groups is 1. The van der Waals surface area contributed by atoms with Gasteiger partial charge in [-0.3, -0.25) is 4.79 Å². The number of nitrogens with zero attached hydrogens (tertiary/aromatic N) is 1. The SMILES string of the molecule is CCC(C)N(C)CCNCc1cc(C(N)=O)ccc1F. The van der Waals surface area contributed by atoms with Crippen LogP contribution in [0, 0.1) is 5.82 Å². The molecule has 0 aromatic heterocycles. The van der Waals surface area contributed by atoms with Crippen molar-refractivity contribution in [2.45, 2.75) is 32.9 Å². The lowest BCUT2D eigenvalue weighted by Gasteiger charge is -2.23. The van der Waals surface area contributed by atoms with Gasteiger partial charge in [-0.2, -0.15) is 0 Å². The normalized spacial score (nSPS) is 12.7. The zero-order valence-corrected chi connectivity index (χ0v) is 12.4. The molecule has 1 amide bonds. The minimum atomic E-state index is -0.539. The molecule has 0 aliphatic carbocycles. The van der Waals surface area contributed by atoms with E-state index in [1.54, 1.807) is 0 Å². The Kier molecular flexibility index (Phi) is 6.61. The van der Waals surface area contributed by atoms with Gasteiger partial charge in [0.15, 0.2) is 0 Å². The predicted octanol–water partition coefficient (Wildman–Crippen LogP) is 1.74. The minimum Gasteiger partial charge on any atom is -0.366 e. The van der Waals surface area contributed by atoms with E-state index < -0.39 is 5.91 Å². The monoisotopic (exact) mass is 281 g/mol. The number of hydrogen-bond acceptors (Lipinski definition) is 3. The molecule has 1 atom stereocenters. The van der Waals surface area contributed by atoms with E-state index in [0.29, 0.717) is 23.7 Å². The highest BCUT2D eigenvalue weighted by molar-refractivity contribution is 5.92. The number of benzene rings is 1. The van der Waals surface area contributed by atoms with Crippen molar-refractivity contribution in [3.05, 3.63) is 35.1 Å². The highest BCUT2D eigenvalue weighted by atomic mass is 19.1. The van der Waals surface area contributed by atoms with Gasteiger partial charge in [0.25, 0.3) is 0 Å². The third kappa shape index (κ3) is 4.90. The van der Waals surface area contributed by atoms with Crippen molar-refractivity contribution in [3.8, 4) is 0 Å². The maximum Gasteiger partial charge on any atom is 0.248 e. The lowest BCUT2D eigenvalue weighted by atomic mass is 10.1. The molecule has 4 nitrogen and oxygen atoms in total. The summed E-state index contributed by atoms with van der Waals surface area (Å²) in [6.45, 7) is 6.38.